The van der Waals surface area contributed by atoms with Gasteiger partial charge in [0, 0.05) is 6.07 Å². The van der Waals surface area contributed by atoms with Gasteiger partial charge in [0.1, 0.15) is 5.01 Å². The Bertz CT molecular complexity index is 1500. The summed E-state index contributed by atoms with van der Waals surface area (Å²) in [6.07, 6.45) is 1.66. The lowest BCUT2D eigenvalue weighted by Crippen LogP contribution is -2.28. The van der Waals surface area contributed by atoms with Gasteiger partial charge in [-0.05, 0) is 60.7 Å². The Balaban J connectivity index is 1.51. The number of rotatable bonds is 6. The van der Waals surface area contributed by atoms with E-state index >= 15 is 0 Å². The summed E-state index contributed by atoms with van der Waals surface area (Å²) in [6.45, 7) is 1.83. The van der Waals surface area contributed by atoms with E-state index in [4.69, 9.17) is 0 Å². The van der Waals surface area contributed by atoms with Crippen molar-refractivity contribution in [1.29, 1.82) is 0 Å². The van der Waals surface area contributed by atoms with Crippen molar-refractivity contribution in [3.63, 3.8) is 0 Å². The first-order valence-electron chi connectivity index (χ1n) is 10.7. The molecule has 8 nitrogen and oxygen atoms in total. The number of carbonyl (C=O) groups excluding carboxylic acids is 1. The predicted molar refractivity (Wildman–Crippen MR) is 145 cm³/mol. The molecule has 1 saturated heterocycles. The van der Waals surface area contributed by atoms with Crippen LogP contribution in [0.3, 0.4) is 0 Å². The topological polar surface area (TPSA) is 102 Å². The zero-order chi connectivity index (χ0) is 25.1. The Morgan fingerprint density at radius 3 is 2.42 bits per heavy atom. The highest BCUT2D eigenvalue weighted by atomic mass is 32.2. The van der Waals surface area contributed by atoms with E-state index in [1.165, 1.54) is 40.9 Å². The van der Waals surface area contributed by atoms with Crippen LogP contribution in [0.25, 0.3) is 6.08 Å². The Hall–Kier alpha value is -3.80. The number of aryl methyl sites for hydroxylation is 1. The Morgan fingerprint density at radius 1 is 1.03 bits per heavy atom. The number of anilines is 1. The monoisotopic (exact) mass is 531 g/mol. The van der Waals surface area contributed by atoms with E-state index in [0.29, 0.717) is 30.6 Å². The molecule has 0 atom stereocenters. The highest BCUT2D eigenvalue weighted by Gasteiger charge is 2.34. The molecule has 5 rings (SSSR count). The van der Waals surface area contributed by atoms with Crippen molar-refractivity contribution < 1.29 is 9.72 Å². The maximum atomic E-state index is 13.4. The molecule has 1 amide bonds. The zero-order valence-electron chi connectivity index (χ0n) is 18.8. The second kappa shape index (κ2) is 10.4. The van der Waals surface area contributed by atoms with Crippen molar-refractivity contribution in [1.82, 2.24) is 10.2 Å². The zero-order valence-corrected chi connectivity index (χ0v) is 21.2. The number of hydrogen-bond donors (Lipinski definition) is 0. The molecule has 0 saturated carbocycles. The first-order chi connectivity index (χ1) is 17.5. The number of carbonyl (C=O) groups is 1. The van der Waals surface area contributed by atoms with Crippen molar-refractivity contribution in [3.8, 4) is 0 Å². The molecule has 36 heavy (non-hydrogen) atoms. The first kappa shape index (κ1) is 23.9. The largest absolute Gasteiger partial charge is 0.283 e. The van der Waals surface area contributed by atoms with Crippen LogP contribution in [-0.2, 0) is 4.79 Å². The molecule has 11 heteroatoms. The molecule has 3 aromatic carbocycles. The van der Waals surface area contributed by atoms with E-state index in [9.17, 15) is 14.9 Å². The number of benzene rings is 3. The van der Waals surface area contributed by atoms with Crippen molar-refractivity contribution in [2.24, 2.45) is 4.99 Å². The third kappa shape index (κ3) is 5.23. The van der Waals surface area contributed by atoms with Gasteiger partial charge in [0.2, 0.25) is 0 Å². The summed E-state index contributed by atoms with van der Waals surface area (Å²) in [5, 5.41) is 21.1. The summed E-state index contributed by atoms with van der Waals surface area (Å²) in [6, 6.07) is 23.6. The van der Waals surface area contributed by atoms with Gasteiger partial charge in [0.25, 0.3) is 11.6 Å². The quantitative estimate of drug-likeness (QED) is 0.155. The molecular formula is C25H17N5O3S3. The number of nitrogens with zero attached hydrogens (tertiary/aromatic N) is 5. The van der Waals surface area contributed by atoms with Crippen LogP contribution >= 0.6 is 34.9 Å². The standard InChI is InChI=1S/C25H17N5O3S3/c1-16-27-28-25(34-16)36-21-13-12-17(14-20(21)30(32)33)15-22-23(31)29(19-10-6-3-7-11-19)24(35-22)26-18-8-4-2-5-9-18/h2-15H,1H3/b22-15-,26-24?. The molecule has 0 radical (unpaired) electrons. The summed E-state index contributed by atoms with van der Waals surface area (Å²) in [5.74, 6) is -0.244. The Kier molecular flexibility index (Phi) is 6.94. The summed E-state index contributed by atoms with van der Waals surface area (Å²) in [5.41, 5.74) is 1.90. The lowest BCUT2D eigenvalue weighted by molar-refractivity contribution is -0.387. The van der Waals surface area contributed by atoms with E-state index < -0.39 is 4.92 Å². The molecule has 0 N–H and O–H groups in total. The summed E-state index contributed by atoms with van der Waals surface area (Å²) < 4.78 is 0.628. The molecule has 0 aliphatic carbocycles. The lowest BCUT2D eigenvalue weighted by atomic mass is 10.2. The minimum absolute atomic E-state index is 0.0595. The van der Waals surface area contributed by atoms with Crippen LogP contribution in [0.4, 0.5) is 17.1 Å². The maximum Gasteiger partial charge on any atom is 0.283 e. The number of amidine groups is 1. The minimum Gasteiger partial charge on any atom is -0.268 e. The average molecular weight is 532 g/mol. The van der Waals surface area contributed by atoms with Crippen LogP contribution < -0.4 is 4.90 Å². The van der Waals surface area contributed by atoms with Crippen molar-refractivity contribution in [2.75, 3.05) is 4.90 Å². The third-order valence-electron chi connectivity index (χ3n) is 4.98. The van der Waals surface area contributed by atoms with Crippen LogP contribution in [0.15, 0.2) is 98.0 Å². The van der Waals surface area contributed by atoms with Gasteiger partial charge >= 0.3 is 0 Å². The number of nitro groups is 1. The SMILES string of the molecule is Cc1nnc(Sc2ccc(/C=C3\SC(=Nc4ccccc4)N(c4ccccc4)C3=O)cc2[N+](=O)[O-])s1. The van der Waals surface area contributed by atoms with Crippen molar-refractivity contribution in [2.45, 2.75) is 16.2 Å². The fourth-order valence-corrected chi connectivity index (χ4v) is 6.24. The summed E-state index contributed by atoms with van der Waals surface area (Å²) in [4.78, 5) is 31.9. The number of amides is 1. The highest BCUT2D eigenvalue weighted by Crippen LogP contribution is 2.40. The average Bonchev–Trinajstić information content (AvgIpc) is 3.43. The summed E-state index contributed by atoms with van der Waals surface area (Å²) in [7, 11) is 0. The van der Waals surface area contributed by atoms with E-state index in [0.717, 1.165) is 10.7 Å². The molecule has 0 spiro atoms. The molecule has 0 unspecified atom stereocenters. The van der Waals surface area contributed by atoms with Gasteiger partial charge < -0.3 is 0 Å². The fraction of sp³-hybridized carbons (Fsp3) is 0.0400. The van der Waals surface area contributed by atoms with Crippen molar-refractivity contribution in [3.05, 3.63) is 104 Å². The van der Waals surface area contributed by atoms with Gasteiger partial charge in [-0.3, -0.25) is 19.8 Å². The van der Waals surface area contributed by atoms with E-state index in [2.05, 4.69) is 15.2 Å². The van der Waals surface area contributed by atoms with Gasteiger partial charge in [-0.15, -0.1) is 10.2 Å². The molecule has 1 fully saturated rings. The lowest BCUT2D eigenvalue weighted by Gasteiger charge is -2.15. The van der Waals surface area contributed by atoms with Gasteiger partial charge in [-0.25, -0.2) is 4.99 Å². The number of aliphatic imine (C=N–C) groups is 1. The number of thioether (sulfide) groups is 1. The first-order valence-corrected chi connectivity index (χ1v) is 13.1. The smallest absolute Gasteiger partial charge is 0.268 e. The van der Waals surface area contributed by atoms with Crippen LogP contribution in [0, 0.1) is 17.0 Å². The summed E-state index contributed by atoms with van der Waals surface area (Å²) >= 11 is 3.80. The Morgan fingerprint density at radius 2 is 1.75 bits per heavy atom. The normalized spacial score (nSPS) is 15.7. The van der Waals surface area contributed by atoms with Crippen LogP contribution in [0.2, 0.25) is 0 Å². The molecule has 0 bridgehead atoms. The molecule has 1 aliphatic heterocycles. The molecular weight excluding hydrogens is 515 g/mol. The fourth-order valence-electron chi connectivity index (χ4n) is 3.38. The van der Waals surface area contributed by atoms with E-state index in [1.54, 1.807) is 23.1 Å². The van der Waals surface area contributed by atoms with Gasteiger partial charge in [-0.2, -0.15) is 0 Å². The maximum absolute atomic E-state index is 13.4. The Labute approximate surface area is 218 Å². The van der Waals surface area contributed by atoms with E-state index in [-0.39, 0.29) is 11.6 Å². The molecule has 178 valence electrons. The molecule has 1 aromatic heterocycles. The van der Waals surface area contributed by atoms with Crippen LogP contribution in [0.1, 0.15) is 10.6 Å². The van der Waals surface area contributed by atoms with Crippen molar-refractivity contribution >= 4 is 69.1 Å². The number of aromatic nitrogens is 2. The van der Waals surface area contributed by atoms with E-state index in [1.807, 2.05) is 67.6 Å². The highest BCUT2D eigenvalue weighted by molar-refractivity contribution is 8.19. The van der Waals surface area contributed by atoms with Crippen LogP contribution in [0.5, 0.6) is 0 Å². The second-order valence-corrected chi connectivity index (χ2v) is 11.0. The third-order valence-corrected chi connectivity index (χ3v) is 7.91. The molecule has 1 aliphatic rings. The minimum atomic E-state index is -0.430. The predicted octanol–water partition coefficient (Wildman–Crippen LogP) is 6.71. The molecule has 2 heterocycles. The number of para-hydroxylation sites is 2. The van der Waals surface area contributed by atoms with Gasteiger partial charge in [0.05, 0.1) is 26.1 Å². The van der Waals surface area contributed by atoms with Gasteiger partial charge in [-0.1, -0.05) is 65.6 Å². The number of nitro benzene ring substituents is 1. The second-order valence-electron chi connectivity index (χ2n) is 7.49. The van der Waals surface area contributed by atoms with Crippen LogP contribution in [-0.4, -0.2) is 26.2 Å². The number of hydrogen-bond acceptors (Lipinski definition) is 9. The van der Waals surface area contributed by atoms with Gasteiger partial charge in [0.15, 0.2) is 9.51 Å². The molecule has 4 aromatic rings.